The van der Waals surface area contributed by atoms with Crippen LogP contribution in [0.15, 0.2) is 30.3 Å². The molecule has 2 aromatic carbocycles. The Labute approximate surface area is 114 Å². The van der Waals surface area contributed by atoms with Crippen LogP contribution in [0.25, 0.3) is 0 Å². The van der Waals surface area contributed by atoms with E-state index in [-0.39, 0.29) is 35.5 Å². The van der Waals surface area contributed by atoms with Crippen LogP contribution < -0.4 is 4.74 Å². The van der Waals surface area contributed by atoms with Gasteiger partial charge in [-0.05, 0) is 35.7 Å². The molecule has 1 aliphatic heterocycles. The molecule has 0 aliphatic carbocycles. The third-order valence-electron chi connectivity index (χ3n) is 3.53. The Morgan fingerprint density at radius 3 is 2.55 bits per heavy atom. The van der Waals surface area contributed by atoms with E-state index in [0.29, 0.717) is 6.42 Å². The summed E-state index contributed by atoms with van der Waals surface area (Å²) in [5.74, 6) is -1.33. The number of phenolic OH excluding ortho intramolecular Hbond substituents is 3. The second kappa shape index (κ2) is 4.59. The topological polar surface area (TPSA) is 69.9 Å². The van der Waals surface area contributed by atoms with Gasteiger partial charge >= 0.3 is 0 Å². The van der Waals surface area contributed by atoms with E-state index in [1.165, 1.54) is 18.2 Å². The lowest BCUT2D eigenvalue weighted by Crippen LogP contribution is -2.19. The van der Waals surface area contributed by atoms with Gasteiger partial charge in [-0.1, -0.05) is 12.1 Å². The predicted octanol–water partition coefficient (Wildman–Crippen LogP) is 2.66. The lowest BCUT2D eigenvalue weighted by Gasteiger charge is -2.26. The van der Waals surface area contributed by atoms with E-state index in [0.717, 1.165) is 11.1 Å². The standard InChI is InChI=1S/C15H13FO4/c16-11-6-8(1-3-12(11)17)10-5-9-2-4-13(18)14(19)15(9)20-7-10/h1-4,6,10,17-19H,5,7H2. The van der Waals surface area contributed by atoms with Crippen LogP contribution in [-0.4, -0.2) is 21.9 Å². The zero-order valence-electron chi connectivity index (χ0n) is 10.5. The van der Waals surface area contributed by atoms with E-state index >= 15 is 0 Å². The molecule has 0 saturated heterocycles. The van der Waals surface area contributed by atoms with E-state index in [9.17, 15) is 19.7 Å². The van der Waals surface area contributed by atoms with Crippen molar-refractivity contribution >= 4 is 0 Å². The van der Waals surface area contributed by atoms with E-state index in [1.807, 2.05) is 0 Å². The molecule has 0 radical (unpaired) electrons. The quantitative estimate of drug-likeness (QED) is 0.700. The number of hydrogen-bond acceptors (Lipinski definition) is 4. The molecular formula is C15H13FO4. The number of phenols is 3. The zero-order valence-corrected chi connectivity index (χ0v) is 10.5. The first-order chi connectivity index (χ1) is 9.56. The molecule has 2 aromatic rings. The van der Waals surface area contributed by atoms with Crippen molar-refractivity contribution < 1.29 is 24.4 Å². The van der Waals surface area contributed by atoms with Crippen molar-refractivity contribution in [3.63, 3.8) is 0 Å². The van der Waals surface area contributed by atoms with Gasteiger partial charge in [-0.25, -0.2) is 4.39 Å². The first-order valence-corrected chi connectivity index (χ1v) is 6.21. The van der Waals surface area contributed by atoms with E-state index in [2.05, 4.69) is 0 Å². The number of ether oxygens (including phenoxy) is 1. The van der Waals surface area contributed by atoms with Gasteiger partial charge in [0.25, 0.3) is 0 Å². The molecule has 1 unspecified atom stereocenters. The number of benzene rings is 2. The number of halogens is 1. The fraction of sp³-hybridized carbons (Fsp3) is 0.200. The molecule has 104 valence electrons. The van der Waals surface area contributed by atoms with Crippen molar-refractivity contribution in [1.82, 2.24) is 0 Å². The number of fused-ring (bicyclic) bond motifs is 1. The molecule has 0 amide bonds. The summed E-state index contributed by atoms with van der Waals surface area (Å²) in [6, 6.07) is 7.32. The van der Waals surface area contributed by atoms with Gasteiger partial charge in [-0.2, -0.15) is 0 Å². The van der Waals surface area contributed by atoms with Crippen LogP contribution in [0.4, 0.5) is 4.39 Å². The second-order valence-corrected chi connectivity index (χ2v) is 4.84. The summed E-state index contributed by atoms with van der Waals surface area (Å²) < 4.78 is 18.9. The maximum absolute atomic E-state index is 13.4. The summed E-state index contributed by atoms with van der Waals surface area (Å²) in [4.78, 5) is 0. The Morgan fingerprint density at radius 2 is 1.80 bits per heavy atom. The Morgan fingerprint density at radius 1 is 1.05 bits per heavy atom. The van der Waals surface area contributed by atoms with Gasteiger partial charge in [0.05, 0.1) is 6.61 Å². The fourth-order valence-corrected chi connectivity index (χ4v) is 2.42. The Bertz CT molecular complexity index is 669. The zero-order chi connectivity index (χ0) is 14.3. The van der Waals surface area contributed by atoms with Crippen LogP contribution in [-0.2, 0) is 6.42 Å². The van der Waals surface area contributed by atoms with E-state index in [1.54, 1.807) is 12.1 Å². The van der Waals surface area contributed by atoms with Gasteiger partial charge in [-0.3, -0.25) is 0 Å². The molecule has 3 rings (SSSR count). The van der Waals surface area contributed by atoms with Crippen molar-refractivity contribution in [2.75, 3.05) is 6.61 Å². The smallest absolute Gasteiger partial charge is 0.200 e. The molecule has 1 heterocycles. The molecule has 0 bridgehead atoms. The van der Waals surface area contributed by atoms with Crippen LogP contribution in [0.3, 0.4) is 0 Å². The molecule has 3 N–H and O–H groups in total. The average molecular weight is 276 g/mol. The first-order valence-electron chi connectivity index (χ1n) is 6.21. The number of aromatic hydroxyl groups is 3. The third kappa shape index (κ3) is 2.01. The molecule has 0 saturated carbocycles. The summed E-state index contributed by atoms with van der Waals surface area (Å²) in [5, 5.41) is 28.3. The maximum atomic E-state index is 13.4. The predicted molar refractivity (Wildman–Crippen MR) is 69.8 cm³/mol. The highest BCUT2D eigenvalue weighted by molar-refractivity contribution is 5.55. The highest BCUT2D eigenvalue weighted by atomic mass is 19.1. The van der Waals surface area contributed by atoms with Gasteiger partial charge in [-0.15, -0.1) is 0 Å². The minimum Gasteiger partial charge on any atom is -0.505 e. The second-order valence-electron chi connectivity index (χ2n) is 4.84. The fourth-order valence-electron chi connectivity index (χ4n) is 2.42. The molecule has 4 nitrogen and oxygen atoms in total. The summed E-state index contributed by atoms with van der Waals surface area (Å²) >= 11 is 0. The molecule has 20 heavy (non-hydrogen) atoms. The minimum atomic E-state index is -0.665. The van der Waals surface area contributed by atoms with Crippen LogP contribution in [0.2, 0.25) is 0 Å². The largest absolute Gasteiger partial charge is 0.505 e. The van der Waals surface area contributed by atoms with Crippen LogP contribution in [0, 0.1) is 5.82 Å². The molecule has 1 aliphatic rings. The summed E-state index contributed by atoms with van der Waals surface area (Å²) in [7, 11) is 0. The maximum Gasteiger partial charge on any atom is 0.200 e. The monoisotopic (exact) mass is 276 g/mol. The van der Waals surface area contributed by atoms with Crippen molar-refractivity contribution in [2.24, 2.45) is 0 Å². The molecular weight excluding hydrogens is 263 g/mol. The molecule has 0 fully saturated rings. The van der Waals surface area contributed by atoms with Gasteiger partial charge in [0.2, 0.25) is 5.75 Å². The van der Waals surface area contributed by atoms with E-state index in [4.69, 9.17) is 4.74 Å². The molecule has 0 aromatic heterocycles. The lowest BCUT2D eigenvalue weighted by molar-refractivity contribution is 0.246. The van der Waals surface area contributed by atoms with Gasteiger partial charge in [0, 0.05) is 5.92 Å². The average Bonchev–Trinajstić information content (AvgIpc) is 2.45. The minimum absolute atomic E-state index is 0.0680. The van der Waals surface area contributed by atoms with Crippen LogP contribution in [0.5, 0.6) is 23.0 Å². The first kappa shape index (κ1) is 12.6. The van der Waals surface area contributed by atoms with Crippen molar-refractivity contribution in [3.8, 4) is 23.0 Å². The Hall–Kier alpha value is -2.43. The van der Waals surface area contributed by atoms with Crippen molar-refractivity contribution in [1.29, 1.82) is 0 Å². The summed E-state index contributed by atoms with van der Waals surface area (Å²) in [6.07, 6.45) is 0.563. The van der Waals surface area contributed by atoms with Crippen molar-refractivity contribution in [3.05, 3.63) is 47.3 Å². The molecule has 1 atom stereocenters. The van der Waals surface area contributed by atoms with Crippen molar-refractivity contribution in [2.45, 2.75) is 12.3 Å². The summed E-state index contributed by atoms with van der Waals surface area (Å²) in [6.45, 7) is 0.272. The highest BCUT2D eigenvalue weighted by Gasteiger charge is 2.25. The van der Waals surface area contributed by atoms with Gasteiger partial charge in [0.1, 0.15) is 0 Å². The Balaban J connectivity index is 1.92. The lowest BCUT2D eigenvalue weighted by atomic mass is 9.90. The molecule has 5 heteroatoms. The van der Waals surface area contributed by atoms with Gasteiger partial charge < -0.3 is 20.1 Å². The van der Waals surface area contributed by atoms with E-state index < -0.39 is 5.82 Å². The summed E-state index contributed by atoms with van der Waals surface area (Å²) in [5.41, 5.74) is 1.48. The highest BCUT2D eigenvalue weighted by Crippen LogP contribution is 2.43. The normalized spacial score (nSPS) is 17.4. The third-order valence-corrected chi connectivity index (χ3v) is 3.53. The Kier molecular flexibility index (Phi) is 2.89. The van der Waals surface area contributed by atoms with Crippen LogP contribution in [0.1, 0.15) is 17.0 Å². The van der Waals surface area contributed by atoms with Gasteiger partial charge in [0.15, 0.2) is 23.1 Å². The molecule has 0 spiro atoms. The van der Waals surface area contributed by atoms with Crippen LogP contribution >= 0.6 is 0 Å². The number of rotatable bonds is 1. The number of hydrogen-bond donors (Lipinski definition) is 3. The SMILES string of the molecule is Oc1ccc(C2COc3c(ccc(O)c3O)C2)cc1F.